The molecular formula is C24H23FN2O2S. The molecule has 0 radical (unpaired) electrons. The van der Waals surface area contributed by atoms with Crippen LogP contribution in [0.2, 0.25) is 0 Å². The molecular weight excluding hydrogens is 399 g/mol. The quantitative estimate of drug-likeness (QED) is 0.476. The van der Waals surface area contributed by atoms with E-state index in [-0.39, 0.29) is 30.1 Å². The van der Waals surface area contributed by atoms with E-state index in [4.69, 9.17) is 0 Å². The summed E-state index contributed by atoms with van der Waals surface area (Å²) >= 11 is 1.32. The third kappa shape index (κ3) is 6.19. The normalized spacial score (nSPS) is 11.5. The van der Waals surface area contributed by atoms with Gasteiger partial charge >= 0.3 is 0 Å². The first-order chi connectivity index (χ1) is 14.5. The molecule has 0 saturated carbocycles. The Morgan fingerprint density at radius 1 is 0.967 bits per heavy atom. The molecule has 0 aliphatic heterocycles. The van der Waals surface area contributed by atoms with Gasteiger partial charge in [-0.25, -0.2) is 4.39 Å². The lowest BCUT2D eigenvalue weighted by Gasteiger charge is -2.16. The van der Waals surface area contributed by atoms with E-state index in [1.54, 1.807) is 30.3 Å². The van der Waals surface area contributed by atoms with Crippen LogP contribution in [0.25, 0.3) is 0 Å². The molecule has 30 heavy (non-hydrogen) atoms. The van der Waals surface area contributed by atoms with Gasteiger partial charge in [0, 0.05) is 28.3 Å². The second-order valence-electron chi connectivity index (χ2n) is 6.76. The van der Waals surface area contributed by atoms with Gasteiger partial charge in [-0.05, 0) is 48.9 Å². The number of anilines is 1. The fourth-order valence-corrected chi connectivity index (χ4v) is 3.78. The monoisotopic (exact) mass is 422 g/mol. The third-order valence-electron chi connectivity index (χ3n) is 4.48. The Morgan fingerprint density at radius 2 is 1.70 bits per heavy atom. The minimum absolute atomic E-state index is 0.106. The van der Waals surface area contributed by atoms with Gasteiger partial charge in [-0.3, -0.25) is 9.59 Å². The van der Waals surface area contributed by atoms with E-state index in [9.17, 15) is 14.0 Å². The summed E-state index contributed by atoms with van der Waals surface area (Å²) in [6, 6.07) is 22.7. The van der Waals surface area contributed by atoms with E-state index < -0.39 is 0 Å². The summed E-state index contributed by atoms with van der Waals surface area (Å²) in [7, 11) is 0. The van der Waals surface area contributed by atoms with Crippen molar-refractivity contribution in [1.82, 2.24) is 5.32 Å². The van der Waals surface area contributed by atoms with Crippen molar-refractivity contribution in [2.24, 2.45) is 0 Å². The molecule has 0 aromatic heterocycles. The summed E-state index contributed by atoms with van der Waals surface area (Å²) in [6.45, 7) is 1.89. The van der Waals surface area contributed by atoms with Crippen LogP contribution in [0.1, 0.15) is 35.3 Å². The molecule has 3 aromatic carbocycles. The van der Waals surface area contributed by atoms with E-state index >= 15 is 0 Å². The van der Waals surface area contributed by atoms with E-state index in [1.165, 1.54) is 17.8 Å². The molecule has 0 saturated heterocycles. The molecule has 6 heteroatoms. The Labute approximate surface area is 179 Å². The highest BCUT2D eigenvalue weighted by molar-refractivity contribution is 7.99. The van der Waals surface area contributed by atoms with Crippen LogP contribution in [0.4, 0.5) is 10.1 Å². The second-order valence-corrected chi connectivity index (χ2v) is 7.90. The average molecular weight is 423 g/mol. The number of hydrogen-bond donors (Lipinski definition) is 2. The first-order valence-electron chi connectivity index (χ1n) is 9.66. The van der Waals surface area contributed by atoms with Crippen LogP contribution in [-0.2, 0) is 4.79 Å². The lowest BCUT2D eigenvalue weighted by molar-refractivity contribution is -0.121. The van der Waals surface area contributed by atoms with Crippen molar-refractivity contribution in [2.75, 3.05) is 11.1 Å². The summed E-state index contributed by atoms with van der Waals surface area (Å²) in [4.78, 5) is 25.1. The zero-order valence-corrected chi connectivity index (χ0v) is 17.4. The first kappa shape index (κ1) is 21.6. The third-order valence-corrected chi connectivity index (χ3v) is 5.53. The smallest absolute Gasteiger partial charge is 0.255 e. The van der Waals surface area contributed by atoms with Gasteiger partial charge in [-0.2, -0.15) is 0 Å². The standard InChI is InChI=1S/C24H23FN2O2S/c1-17(26-23(28)14-15-30-22-13-6-5-12-21(22)25)19-10-7-11-20(16-19)27-24(29)18-8-3-2-4-9-18/h2-13,16-17H,14-15H2,1H3,(H,26,28)(H,27,29). The van der Waals surface area contributed by atoms with E-state index in [2.05, 4.69) is 10.6 Å². The molecule has 1 unspecified atom stereocenters. The topological polar surface area (TPSA) is 58.2 Å². The zero-order chi connectivity index (χ0) is 21.3. The van der Waals surface area contributed by atoms with E-state index in [0.717, 1.165) is 5.56 Å². The summed E-state index contributed by atoms with van der Waals surface area (Å²) < 4.78 is 13.6. The fraction of sp³-hybridized carbons (Fsp3) is 0.167. The average Bonchev–Trinajstić information content (AvgIpc) is 2.76. The molecule has 0 aliphatic rings. The van der Waals surface area contributed by atoms with Gasteiger partial charge in [-0.15, -0.1) is 11.8 Å². The van der Waals surface area contributed by atoms with Crippen molar-refractivity contribution in [3.05, 3.63) is 95.8 Å². The van der Waals surface area contributed by atoms with Crippen molar-refractivity contribution >= 4 is 29.3 Å². The Morgan fingerprint density at radius 3 is 2.47 bits per heavy atom. The SMILES string of the molecule is CC(NC(=O)CCSc1ccccc1F)c1cccc(NC(=O)c2ccccc2)c1. The molecule has 1 atom stereocenters. The molecule has 0 fully saturated rings. The van der Waals surface area contributed by atoms with Gasteiger partial charge in [0.1, 0.15) is 5.82 Å². The van der Waals surface area contributed by atoms with Crippen molar-refractivity contribution < 1.29 is 14.0 Å². The van der Waals surface area contributed by atoms with Gasteiger partial charge in [0.15, 0.2) is 0 Å². The van der Waals surface area contributed by atoms with Gasteiger partial charge < -0.3 is 10.6 Å². The first-order valence-corrected chi connectivity index (χ1v) is 10.6. The minimum Gasteiger partial charge on any atom is -0.350 e. The highest BCUT2D eigenvalue weighted by Gasteiger charge is 2.12. The Kier molecular flexibility index (Phi) is 7.63. The Bertz CT molecular complexity index is 1010. The summed E-state index contributed by atoms with van der Waals surface area (Å²) in [5, 5.41) is 5.82. The highest BCUT2D eigenvalue weighted by Crippen LogP contribution is 2.22. The summed E-state index contributed by atoms with van der Waals surface area (Å²) in [6.07, 6.45) is 0.285. The maximum atomic E-state index is 13.6. The van der Waals surface area contributed by atoms with Crippen molar-refractivity contribution in [2.45, 2.75) is 24.3 Å². The van der Waals surface area contributed by atoms with E-state index in [0.29, 0.717) is 21.9 Å². The minimum atomic E-state index is -0.273. The predicted octanol–water partition coefficient (Wildman–Crippen LogP) is 5.44. The van der Waals surface area contributed by atoms with Crippen LogP contribution in [0.3, 0.4) is 0 Å². The second kappa shape index (κ2) is 10.6. The van der Waals surface area contributed by atoms with Gasteiger partial charge in [0.2, 0.25) is 5.91 Å². The number of benzene rings is 3. The maximum Gasteiger partial charge on any atom is 0.255 e. The van der Waals surface area contributed by atoms with Gasteiger partial charge in [-0.1, -0.05) is 42.5 Å². The number of halogens is 1. The van der Waals surface area contributed by atoms with Crippen LogP contribution in [0.5, 0.6) is 0 Å². The molecule has 0 heterocycles. The summed E-state index contributed by atoms with van der Waals surface area (Å²) in [5.74, 6) is -0.0718. The Hall–Kier alpha value is -3.12. The lowest BCUT2D eigenvalue weighted by Crippen LogP contribution is -2.27. The molecule has 2 N–H and O–H groups in total. The maximum absolute atomic E-state index is 13.6. The number of carbonyl (C=O) groups is 2. The highest BCUT2D eigenvalue weighted by atomic mass is 32.2. The summed E-state index contributed by atoms with van der Waals surface area (Å²) in [5.41, 5.74) is 2.13. The molecule has 4 nitrogen and oxygen atoms in total. The number of carbonyl (C=O) groups excluding carboxylic acids is 2. The number of rotatable bonds is 8. The molecule has 0 bridgehead atoms. The molecule has 3 rings (SSSR count). The van der Waals surface area contributed by atoms with Crippen LogP contribution in [-0.4, -0.2) is 17.6 Å². The van der Waals surface area contributed by atoms with Gasteiger partial charge in [0.05, 0.1) is 6.04 Å². The fourth-order valence-electron chi connectivity index (χ4n) is 2.89. The van der Waals surface area contributed by atoms with E-state index in [1.807, 2.05) is 49.4 Å². The molecule has 3 aromatic rings. The van der Waals surface area contributed by atoms with Gasteiger partial charge in [0.25, 0.3) is 5.91 Å². The van der Waals surface area contributed by atoms with Crippen molar-refractivity contribution in [3.63, 3.8) is 0 Å². The lowest BCUT2D eigenvalue weighted by atomic mass is 10.1. The molecule has 0 spiro atoms. The van der Waals surface area contributed by atoms with Crippen LogP contribution in [0, 0.1) is 5.82 Å². The number of nitrogens with one attached hydrogen (secondary N) is 2. The number of hydrogen-bond acceptors (Lipinski definition) is 3. The largest absolute Gasteiger partial charge is 0.350 e. The van der Waals surface area contributed by atoms with Crippen molar-refractivity contribution in [1.29, 1.82) is 0 Å². The zero-order valence-electron chi connectivity index (χ0n) is 16.6. The number of thioether (sulfide) groups is 1. The molecule has 0 aliphatic carbocycles. The van der Waals surface area contributed by atoms with Crippen LogP contribution >= 0.6 is 11.8 Å². The predicted molar refractivity (Wildman–Crippen MR) is 119 cm³/mol. The molecule has 154 valence electrons. The van der Waals surface area contributed by atoms with Crippen LogP contribution in [0.15, 0.2) is 83.8 Å². The van der Waals surface area contributed by atoms with Crippen LogP contribution < -0.4 is 10.6 Å². The Balaban J connectivity index is 1.52. The van der Waals surface area contributed by atoms with Crippen molar-refractivity contribution in [3.8, 4) is 0 Å². The molecule has 2 amide bonds. The number of amides is 2.